The van der Waals surface area contributed by atoms with E-state index in [0.717, 1.165) is 42.0 Å². The molecule has 2 aliphatic heterocycles. The lowest BCUT2D eigenvalue weighted by Crippen LogP contribution is -2.57. The van der Waals surface area contributed by atoms with Crippen LogP contribution in [0.5, 0.6) is 0 Å². The van der Waals surface area contributed by atoms with Gasteiger partial charge in [-0.2, -0.15) is 4.98 Å². The van der Waals surface area contributed by atoms with Crippen molar-refractivity contribution in [3.05, 3.63) is 77.6 Å². The zero-order chi connectivity index (χ0) is 28.1. The Balaban J connectivity index is 1.24. The lowest BCUT2D eigenvalue weighted by Gasteiger charge is -2.48. The van der Waals surface area contributed by atoms with Gasteiger partial charge in [0.15, 0.2) is 17.0 Å². The van der Waals surface area contributed by atoms with Gasteiger partial charge in [0.25, 0.3) is 5.78 Å². The Labute approximate surface area is 235 Å². The third-order valence-corrected chi connectivity index (χ3v) is 8.29. The van der Waals surface area contributed by atoms with Crippen LogP contribution >= 0.6 is 0 Å². The largest absolute Gasteiger partial charge is 0.376 e. The molecule has 0 radical (unpaired) electrons. The second-order valence-electron chi connectivity index (χ2n) is 11.1. The van der Waals surface area contributed by atoms with E-state index in [1.807, 2.05) is 33.3 Å². The summed E-state index contributed by atoms with van der Waals surface area (Å²) in [6.07, 6.45) is 3.78. The Morgan fingerprint density at radius 2 is 1.63 bits per heavy atom. The number of rotatable bonds is 6. The molecular weight excluding hydrogens is 528 g/mol. The first-order chi connectivity index (χ1) is 20.0. The maximum Gasteiger partial charge on any atom is 0.258 e. The molecule has 41 heavy (non-hydrogen) atoms. The fourth-order valence-electron chi connectivity index (χ4n) is 6.27. The number of ether oxygens (including phenoxy) is 1. The number of aromatic nitrogens is 7. The lowest BCUT2D eigenvalue weighted by atomic mass is 9.93. The number of hydrogen-bond acceptors (Lipinski definition) is 8. The van der Waals surface area contributed by atoms with Gasteiger partial charge in [-0.15, -0.1) is 15.3 Å². The molecule has 3 aromatic heterocycles. The Kier molecular flexibility index (Phi) is 6.58. The van der Waals surface area contributed by atoms with Crippen LogP contribution < -0.4 is 4.90 Å². The predicted octanol–water partition coefficient (Wildman–Crippen LogP) is 4.01. The van der Waals surface area contributed by atoms with E-state index in [1.165, 1.54) is 24.3 Å². The number of halogens is 2. The molecule has 5 heterocycles. The summed E-state index contributed by atoms with van der Waals surface area (Å²) in [5, 5.41) is 17.4. The minimum Gasteiger partial charge on any atom is -0.376 e. The molecule has 0 spiro atoms. The number of hydrogen-bond donors (Lipinski definition) is 0. The van der Waals surface area contributed by atoms with Gasteiger partial charge in [0, 0.05) is 31.8 Å². The molecule has 2 aliphatic rings. The number of fused-ring (bicyclic) bond motifs is 3. The molecule has 0 unspecified atom stereocenters. The maximum absolute atomic E-state index is 13.8. The van der Waals surface area contributed by atoms with Crippen molar-refractivity contribution < 1.29 is 13.5 Å². The smallest absolute Gasteiger partial charge is 0.258 e. The predicted molar refractivity (Wildman–Crippen MR) is 148 cm³/mol. The number of benzene rings is 2. The molecule has 10 nitrogen and oxygen atoms in total. The summed E-state index contributed by atoms with van der Waals surface area (Å²) < 4.78 is 37.3. The fourth-order valence-corrected chi connectivity index (χ4v) is 6.27. The van der Waals surface area contributed by atoms with Crippen molar-refractivity contribution in [3.63, 3.8) is 0 Å². The van der Waals surface area contributed by atoms with Gasteiger partial charge in [0.1, 0.15) is 18.0 Å². The summed E-state index contributed by atoms with van der Waals surface area (Å²) in [4.78, 5) is 9.54. The van der Waals surface area contributed by atoms with E-state index < -0.39 is 0 Å². The van der Waals surface area contributed by atoms with Crippen LogP contribution in [0.1, 0.15) is 43.9 Å². The van der Waals surface area contributed by atoms with Crippen LogP contribution in [0.3, 0.4) is 0 Å². The topological polar surface area (TPSA) is 89.5 Å². The van der Waals surface area contributed by atoms with Gasteiger partial charge in [-0.3, -0.25) is 4.90 Å². The van der Waals surface area contributed by atoms with Crippen LogP contribution in [0.4, 0.5) is 14.6 Å². The summed E-state index contributed by atoms with van der Waals surface area (Å²) >= 11 is 0. The van der Waals surface area contributed by atoms with E-state index in [2.05, 4.69) is 44.2 Å². The van der Waals surface area contributed by atoms with Gasteiger partial charge in [0.2, 0.25) is 0 Å². The molecule has 0 N–H and O–H groups in total. The first-order valence-corrected chi connectivity index (χ1v) is 14.0. The Morgan fingerprint density at radius 1 is 0.927 bits per heavy atom. The van der Waals surface area contributed by atoms with Gasteiger partial charge in [0.05, 0.1) is 18.7 Å². The first-order valence-electron chi connectivity index (χ1n) is 14.0. The van der Waals surface area contributed by atoms with E-state index >= 15 is 0 Å². The van der Waals surface area contributed by atoms with Crippen molar-refractivity contribution in [3.8, 4) is 0 Å². The van der Waals surface area contributed by atoms with Crippen molar-refractivity contribution in [2.45, 2.75) is 57.5 Å². The average molecular weight is 560 g/mol. The molecule has 212 valence electrons. The first kappa shape index (κ1) is 25.9. The summed E-state index contributed by atoms with van der Waals surface area (Å²) in [6.45, 7) is 7.03. The van der Waals surface area contributed by atoms with Crippen molar-refractivity contribution in [1.29, 1.82) is 0 Å². The zero-order valence-corrected chi connectivity index (χ0v) is 22.9. The van der Waals surface area contributed by atoms with Crippen LogP contribution in [-0.2, 0) is 11.3 Å². The molecule has 0 aliphatic carbocycles. The van der Waals surface area contributed by atoms with E-state index in [-0.39, 0.29) is 35.9 Å². The highest BCUT2D eigenvalue weighted by molar-refractivity contribution is 5.85. The Hall–Kier alpha value is -4.03. The van der Waals surface area contributed by atoms with Gasteiger partial charge in [-0.05, 0) is 62.1 Å². The number of anilines is 1. The molecule has 12 heteroatoms. The van der Waals surface area contributed by atoms with Crippen LogP contribution in [0.2, 0.25) is 0 Å². The molecule has 5 aromatic rings. The minimum atomic E-state index is -0.288. The van der Waals surface area contributed by atoms with Crippen molar-refractivity contribution in [1.82, 2.24) is 39.5 Å². The third kappa shape index (κ3) is 4.70. The fraction of sp³-hybridized carbons (Fsp3) is 0.414. The molecule has 2 aromatic carbocycles. The van der Waals surface area contributed by atoms with Crippen LogP contribution in [0.15, 0.2) is 54.9 Å². The standard InChI is InChI=1S/C29H31F2N9O/c1-18-15-38(19(2)14-37(18)26(20-5-9-22(30)10-6-20)21-7-11-23(31)12-8-21)27-25-28(39-17-32-35-29(39)33-27)40(36-34-25)16-24-4-3-13-41-24/h5-12,17-19,24,26H,3-4,13-16H2,1-2H3/t18-,19+,24-/m1/s1. The molecule has 0 amide bonds. The van der Waals surface area contributed by atoms with Crippen molar-refractivity contribution >= 4 is 22.8 Å². The SMILES string of the molecule is C[C@@H]1CN(c2nc3nncn3c3c2nnn3C[C@H]2CCCO2)[C@@H](C)CN1C(c1ccc(F)cc1)c1ccc(F)cc1. The van der Waals surface area contributed by atoms with Crippen molar-refractivity contribution in [2.24, 2.45) is 0 Å². The summed E-state index contributed by atoms with van der Waals surface area (Å²) in [7, 11) is 0. The Morgan fingerprint density at radius 3 is 2.29 bits per heavy atom. The highest BCUT2D eigenvalue weighted by Gasteiger charge is 2.37. The highest BCUT2D eigenvalue weighted by atomic mass is 19.1. The van der Waals surface area contributed by atoms with Crippen LogP contribution in [-0.4, -0.2) is 77.4 Å². The minimum absolute atomic E-state index is 0.0407. The molecule has 2 saturated heterocycles. The second-order valence-corrected chi connectivity index (χ2v) is 11.1. The lowest BCUT2D eigenvalue weighted by molar-refractivity contribution is 0.0944. The van der Waals surface area contributed by atoms with Gasteiger partial charge in [-0.1, -0.05) is 29.5 Å². The van der Waals surface area contributed by atoms with Crippen LogP contribution in [0, 0.1) is 11.6 Å². The van der Waals surface area contributed by atoms with Gasteiger partial charge < -0.3 is 9.64 Å². The monoisotopic (exact) mass is 559 g/mol. The molecular formula is C29H31F2N9O. The third-order valence-electron chi connectivity index (χ3n) is 8.29. The molecule has 0 bridgehead atoms. The van der Waals surface area contributed by atoms with E-state index in [9.17, 15) is 8.78 Å². The quantitative estimate of drug-likeness (QED) is 0.308. The number of nitrogens with zero attached hydrogens (tertiary/aromatic N) is 9. The summed E-state index contributed by atoms with van der Waals surface area (Å²) in [5.41, 5.74) is 3.39. The second kappa shape index (κ2) is 10.4. The van der Waals surface area contributed by atoms with Gasteiger partial charge in [-0.25, -0.2) is 17.9 Å². The summed E-state index contributed by atoms with van der Waals surface area (Å²) in [6, 6.07) is 13.1. The highest BCUT2D eigenvalue weighted by Crippen LogP contribution is 2.36. The van der Waals surface area contributed by atoms with E-state index in [0.29, 0.717) is 30.9 Å². The van der Waals surface area contributed by atoms with Crippen molar-refractivity contribution in [2.75, 3.05) is 24.6 Å². The van der Waals surface area contributed by atoms with E-state index in [1.54, 1.807) is 6.33 Å². The summed E-state index contributed by atoms with van der Waals surface area (Å²) in [5.74, 6) is 0.632. The number of piperazine rings is 1. The molecule has 0 saturated carbocycles. The normalized spacial score (nSPS) is 22.0. The van der Waals surface area contributed by atoms with E-state index in [4.69, 9.17) is 9.72 Å². The molecule has 3 atom stereocenters. The maximum atomic E-state index is 13.8. The average Bonchev–Trinajstić information content (AvgIpc) is 3.74. The molecule has 7 rings (SSSR count). The zero-order valence-electron chi connectivity index (χ0n) is 22.9. The van der Waals surface area contributed by atoms with Crippen LogP contribution in [0.25, 0.3) is 16.9 Å². The molecule has 2 fully saturated rings. The van der Waals surface area contributed by atoms with Gasteiger partial charge >= 0.3 is 0 Å². The Bertz CT molecular complexity index is 1620.